The van der Waals surface area contributed by atoms with Crippen LogP contribution in [0, 0.1) is 18.8 Å². The Morgan fingerprint density at radius 2 is 1.88 bits per heavy atom. The highest BCUT2D eigenvalue weighted by Gasteiger charge is 2.45. The van der Waals surface area contributed by atoms with Gasteiger partial charge in [0.05, 0.1) is 6.10 Å². The van der Waals surface area contributed by atoms with Gasteiger partial charge in [-0.2, -0.15) is 0 Å². The fraction of sp³-hybridized carbons (Fsp3) is 0.684. The lowest BCUT2D eigenvalue weighted by Crippen LogP contribution is -2.48. The molecule has 0 bridgehead atoms. The number of amides is 1. The van der Waals surface area contributed by atoms with Crippen LogP contribution in [0.4, 0.5) is 0 Å². The van der Waals surface area contributed by atoms with Gasteiger partial charge in [-0.1, -0.05) is 6.07 Å². The summed E-state index contributed by atoms with van der Waals surface area (Å²) in [5.74, 6) is 1.00. The Morgan fingerprint density at radius 3 is 2.58 bits per heavy atom. The predicted molar refractivity (Wildman–Crippen MR) is 91.7 cm³/mol. The molecule has 3 heterocycles. The van der Waals surface area contributed by atoms with Gasteiger partial charge in [-0.15, -0.1) is 0 Å². The lowest BCUT2D eigenvalue weighted by atomic mass is 9.77. The number of aryl methyl sites for hydroxylation is 1. The third-order valence-corrected chi connectivity index (χ3v) is 6.11. The van der Waals surface area contributed by atoms with Gasteiger partial charge >= 0.3 is 0 Å². The fourth-order valence-electron chi connectivity index (χ4n) is 4.86. The van der Waals surface area contributed by atoms with Crippen molar-refractivity contribution < 1.29 is 9.90 Å². The second kappa shape index (κ2) is 6.45. The summed E-state index contributed by atoms with van der Waals surface area (Å²) in [6.07, 6.45) is 4.12. The van der Waals surface area contributed by atoms with Gasteiger partial charge < -0.3 is 10.0 Å². The van der Waals surface area contributed by atoms with E-state index in [-0.39, 0.29) is 12.0 Å². The van der Waals surface area contributed by atoms with Gasteiger partial charge in [0.25, 0.3) is 5.91 Å². The molecule has 24 heavy (non-hydrogen) atoms. The molecule has 0 radical (unpaired) electrons. The molecule has 3 fully saturated rings. The molecule has 0 spiro atoms. The monoisotopic (exact) mass is 329 g/mol. The number of likely N-dealkylation sites (tertiary alicyclic amines) is 2. The van der Waals surface area contributed by atoms with Gasteiger partial charge in [0, 0.05) is 24.8 Å². The molecule has 130 valence electrons. The molecule has 1 N–H and O–H groups in total. The Hall–Kier alpha value is -1.46. The van der Waals surface area contributed by atoms with Crippen LogP contribution in [0.25, 0.3) is 0 Å². The highest BCUT2D eigenvalue weighted by molar-refractivity contribution is 5.92. The number of carbonyl (C=O) groups excluding carboxylic acids is 1. The van der Waals surface area contributed by atoms with E-state index >= 15 is 0 Å². The first kappa shape index (κ1) is 16.0. The molecule has 1 aromatic rings. The molecule has 1 saturated carbocycles. The van der Waals surface area contributed by atoms with Crippen molar-refractivity contribution in [1.82, 2.24) is 14.8 Å². The summed E-state index contributed by atoms with van der Waals surface area (Å²) in [4.78, 5) is 21.6. The van der Waals surface area contributed by atoms with Gasteiger partial charge in [0.1, 0.15) is 5.69 Å². The Labute approximate surface area is 143 Å². The van der Waals surface area contributed by atoms with Gasteiger partial charge in [0.15, 0.2) is 0 Å². The van der Waals surface area contributed by atoms with Crippen LogP contribution < -0.4 is 0 Å². The second-order valence-corrected chi connectivity index (χ2v) is 7.74. The van der Waals surface area contributed by atoms with Crippen molar-refractivity contribution in [2.45, 2.75) is 44.8 Å². The number of hydrogen-bond donors (Lipinski definition) is 1. The Morgan fingerprint density at radius 1 is 1.17 bits per heavy atom. The van der Waals surface area contributed by atoms with Crippen LogP contribution >= 0.6 is 0 Å². The maximum absolute atomic E-state index is 12.8. The number of hydrogen-bond acceptors (Lipinski definition) is 4. The first-order valence-corrected chi connectivity index (χ1v) is 9.27. The number of nitrogens with zero attached hydrogens (tertiary/aromatic N) is 3. The number of aliphatic hydroxyl groups excluding tert-OH is 1. The zero-order valence-corrected chi connectivity index (χ0v) is 14.4. The molecule has 1 aliphatic carbocycles. The maximum atomic E-state index is 12.8. The highest BCUT2D eigenvalue weighted by atomic mass is 16.3. The Bertz CT molecular complexity index is 614. The van der Waals surface area contributed by atoms with Gasteiger partial charge in [0.2, 0.25) is 0 Å². The minimum Gasteiger partial charge on any atom is -0.391 e. The van der Waals surface area contributed by atoms with Crippen LogP contribution in [0.2, 0.25) is 0 Å². The molecule has 1 amide bonds. The van der Waals surface area contributed by atoms with E-state index in [1.54, 1.807) is 6.07 Å². The molecule has 0 aromatic carbocycles. The number of aliphatic hydroxyl groups is 1. The molecular formula is C19H27N3O2. The lowest BCUT2D eigenvalue weighted by molar-refractivity contribution is -0.000864. The second-order valence-electron chi connectivity index (χ2n) is 7.74. The number of rotatable bonds is 2. The molecule has 3 aliphatic rings. The normalized spacial score (nSPS) is 33.7. The van der Waals surface area contributed by atoms with E-state index < -0.39 is 0 Å². The van der Waals surface area contributed by atoms with Crippen molar-refractivity contribution >= 4 is 5.91 Å². The van der Waals surface area contributed by atoms with Crippen LogP contribution in [0.1, 0.15) is 41.9 Å². The Kier molecular flexibility index (Phi) is 4.31. The predicted octanol–water partition coefficient (Wildman–Crippen LogP) is 1.70. The van der Waals surface area contributed by atoms with E-state index in [2.05, 4.69) is 9.88 Å². The fourth-order valence-corrected chi connectivity index (χ4v) is 4.86. The smallest absolute Gasteiger partial charge is 0.272 e. The topological polar surface area (TPSA) is 56.7 Å². The molecule has 2 aliphatic heterocycles. The number of carbonyl (C=O) groups is 1. The molecular weight excluding hydrogens is 302 g/mol. The summed E-state index contributed by atoms with van der Waals surface area (Å²) in [7, 11) is 0. The summed E-state index contributed by atoms with van der Waals surface area (Å²) in [6.45, 7) is 5.74. The van der Waals surface area contributed by atoms with E-state index in [1.165, 1.54) is 12.8 Å². The summed E-state index contributed by atoms with van der Waals surface area (Å²) in [6, 6.07) is 5.91. The molecule has 5 nitrogen and oxygen atoms in total. The SMILES string of the molecule is Cc1cccc(C(=O)N2C[C@H]3C[C@@H](N4CCCC4)[C@H](O)C[C@H]3C2)n1. The average molecular weight is 329 g/mol. The molecule has 0 unspecified atom stereocenters. The lowest BCUT2D eigenvalue weighted by Gasteiger charge is -2.40. The first-order chi connectivity index (χ1) is 11.6. The largest absolute Gasteiger partial charge is 0.391 e. The summed E-state index contributed by atoms with van der Waals surface area (Å²) in [5.41, 5.74) is 1.42. The quantitative estimate of drug-likeness (QED) is 0.897. The molecule has 5 heteroatoms. The van der Waals surface area contributed by atoms with Crippen molar-refractivity contribution in [2.24, 2.45) is 11.8 Å². The van der Waals surface area contributed by atoms with Crippen molar-refractivity contribution in [2.75, 3.05) is 26.2 Å². The van der Waals surface area contributed by atoms with E-state index in [4.69, 9.17) is 0 Å². The van der Waals surface area contributed by atoms with Crippen molar-refractivity contribution in [1.29, 1.82) is 0 Å². The maximum Gasteiger partial charge on any atom is 0.272 e. The van der Waals surface area contributed by atoms with Crippen LogP contribution in [-0.2, 0) is 0 Å². The summed E-state index contributed by atoms with van der Waals surface area (Å²) >= 11 is 0. The van der Waals surface area contributed by atoms with Crippen molar-refractivity contribution in [3.05, 3.63) is 29.6 Å². The van der Waals surface area contributed by atoms with Crippen LogP contribution in [0.15, 0.2) is 18.2 Å². The highest BCUT2D eigenvalue weighted by Crippen LogP contribution is 2.39. The zero-order chi connectivity index (χ0) is 16.7. The van der Waals surface area contributed by atoms with E-state index in [0.717, 1.165) is 44.7 Å². The molecule has 4 atom stereocenters. The number of aromatic nitrogens is 1. The van der Waals surface area contributed by atoms with Crippen LogP contribution in [-0.4, -0.2) is 64.1 Å². The molecule has 2 saturated heterocycles. The van der Waals surface area contributed by atoms with Crippen molar-refractivity contribution in [3.8, 4) is 0 Å². The average Bonchev–Trinajstić information content (AvgIpc) is 3.22. The summed E-state index contributed by atoms with van der Waals surface area (Å²) in [5, 5.41) is 10.6. The minimum absolute atomic E-state index is 0.0420. The number of pyridine rings is 1. The molecule has 1 aromatic heterocycles. The first-order valence-electron chi connectivity index (χ1n) is 9.27. The standard InChI is InChI=1S/C19H27N3O2/c1-13-5-4-6-16(20-13)19(24)22-11-14-9-17(21-7-2-3-8-21)18(23)10-15(14)12-22/h4-6,14-15,17-18,23H,2-3,7-12H2,1H3/t14-,15+,17-,18-/m1/s1. The molecule has 4 rings (SSSR count). The van der Waals surface area contributed by atoms with E-state index in [0.29, 0.717) is 23.6 Å². The van der Waals surface area contributed by atoms with Gasteiger partial charge in [-0.05, 0) is 69.7 Å². The Balaban J connectivity index is 1.44. The zero-order valence-electron chi connectivity index (χ0n) is 14.4. The number of fused-ring (bicyclic) bond motifs is 1. The van der Waals surface area contributed by atoms with E-state index in [9.17, 15) is 9.90 Å². The minimum atomic E-state index is -0.239. The van der Waals surface area contributed by atoms with Crippen LogP contribution in [0.3, 0.4) is 0 Å². The van der Waals surface area contributed by atoms with Gasteiger partial charge in [-0.25, -0.2) is 4.98 Å². The summed E-state index contributed by atoms with van der Waals surface area (Å²) < 4.78 is 0. The third kappa shape index (κ3) is 2.95. The van der Waals surface area contributed by atoms with Crippen molar-refractivity contribution in [3.63, 3.8) is 0 Å². The van der Waals surface area contributed by atoms with Crippen LogP contribution in [0.5, 0.6) is 0 Å². The van der Waals surface area contributed by atoms with E-state index in [1.807, 2.05) is 24.0 Å². The van der Waals surface area contributed by atoms with Gasteiger partial charge in [-0.3, -0.25) is 9.69 Å². The third-order valence-electron chi connectivity index (χ3n) is 6.11.